The summed E-state index contributed by atoms with van der Waals surface area (Å²) in [5.74, 6) is 0.650. The zero-order valence-electron chi connectivity index (χ0n) is 11.9. The molecule has 1 unspecified atom stereocenters. The van der Waals surface area contributed by atoms with Crippen molar-refractivity contribution in [2.24, 2.45) is 0 Å². The molecule has 19 heavy (non-hydrogen) atoms. The molecule has 0 aliphatic rings. The summed E-state index contributed by atoms with van der Waals surface area (Å²) in [6.07, 6.45) is 0.474. The van der Waals surface area contributed by atoms with Crippen molar-refractivity contribution in [3.8, 4) is 5.75 Å². The number of Topliss-reactive ketones (excluding diaryl/α,β-unsaturated/α-hetero) is 1. The highest BCUT2D eigenvalue weighted by molar-refractivity contribution is 5.96. The number of hydrogen-bond donors (Lipinski definition) is 1. The fraction of sp³-hybridized carbons (Fsp3) is 0.533. The molecule has 1 aromatic rings. The SMILES string of the molecule is CC(=O)c1ccccc1OCCN(C)CCC(C)O. The third-order valence-electron chi connectivity index (χ3n) is 2.93. The van der Waals surface area contributed by atoms with Gasteiger partial charge in [0.25, 0.3) is 0 Å². The standard InChI is InChI=1S/C15H23NO3/c1-12(17)8-9-16(3)10-11-19-15-7-5-4-6-14(15)13(2)18/h4-7,12,17H,8-11H2,1-3H3. The Labute approximate surface area is 115 Å². The molecule has 0 amide bonds. The summed E-state index contributed by atoms with van der Waals surface area (Å²) in [5, 5.41) is 9.21. The molecular weight excluding hydrogens is 242 g/mol. The first-order chi connectivity index (χ1) is 9.00. The van der Waals surface area contributed by atoms with Crippen molar-refractivity contribution < 1.29 is 14.6 Å². The lowest BCUT2D eigenvalue weighted by molar-refractivity contribution is 0.101. The summed E-state index contributed by atoms with van der Waals surface area (Å²) >= 11 is 0. The van der Waals surface area contributed by atoms with Crippen molar-refractivity contribution >= 4 is 5.78 Å². The minimum atomic E-state index is -0.276. The highest BCUT2D eigenvalue weighted by Crippen LogP contribution is 2.18. The van der Waals surface area contributed by atoms with Gasteiger partial charge in [0.1, 0.15) is 12.4 Å². The third-order valence-corrected chi connectivity index (χ3v) is 2.93. The molecule has 1 rings (SSSR count). The first-order valence-electron chi connectivity index (χ1n) is 6.60. The number of benzene rings is 1. The van der Waals surface area contributed by atoms with Crippen molar-refractivity contribution in [2.75, 3.05) is 26.7 Å². The largest absolute Gasteiger partial charge is 0.491 e. The summed E-state index contributed by atoms with van der Waals surface area (Å²) in [4.78, 5) is 13.5. The van der Waals surface area contributed by atoms with E-state index >= 15 is 0 Å². The van der Waals surface area contributed by atoms with Gasteiger partial charge in [-0.05, 0) is 39.4 Å². The fourth-order valence-corrected chi connectivity index (χ4v) is 1.71. The molecular formula is C15H23NO3. The minimum absolute atomic E-state index is 0.0121. The second-order valence-corrected chi connectivity index (χ2v) is 4.84. The molecule has 0 fully saturated rings. The van der Waals surface area contributed by atoms with Crippen molar-refractivity contribution in [3.05, 3.63) is 29.8 Å². The molecule has 0 aliphatic heterocycles. The van der Waals surface area contributed by atoms with E-state index in [1.165, 1.54) is 6.92 Å². The van der Waals surface area contributed by atoms with Crippen molar-refractivity contribution in [2.45, 2.75) is 26.4 Å². The minimum Gasteiger partial charge on any atom is -0.491 e. The van der Waals surface area contributed by atoms with Gasteiger partial charge in [-0.1, -0.05) is 12.1 Å². The fourth-order valence-electron chi connectivity index (χ4n) is 1.71. The summed E-state index contributed by atoms with van der Waals surface area (Å²) in [6, 6.07) is 7.28. The molecule has 1 atom stereocenters. The number of aliphatic hydroxyl groups excluding tert-OH is 1. The Kier molecular flexibility index (Phi) is 6.53. The molecule has 0 heterocycles. The van der Waals surface area contributed by atoms with E-state index in [4.69, 9.17) is 4.74 Å². The van der Waals surface area contributed by atoms with Gasteiger partial charge in [-0.3, -0.25) is 4.79 Å². The van der Waals surface area contributed by atoms with Gasteiger partial charge in [0.15, 0.2) is 5.78 Å². The quantitative estimate of drug-likeness (QED) is 0.730. The zero-order chi connectivity index (χ0) is 14.3. The topological polar surface area (TPSA) is 49.8 Å². The van der Waals surface area contributed by atoms with Crippen LogP contribution >= 0.6 is 0 Å². The second kappa shape index (κ2) is 7.92. The molecule has 0 aromatic heterocycles. The van der Waals surface area contributed by atoms with Gasteiger partial charge in [0.05, 0.1) is 11.7 Å². The molecule has 0 radical (unpaired) electrons. The Balaban J connectivity index is 2.39. The summed E-state index contributed by atoms with van der Waals surface area (Å²) in [6.45, 7) is 5.44. The maximum Gasteiger partial charge on any atom is 0.163 e. The molecule has 0 spiro atoms. The van der Waals surface area contributed by atoms with Crippen molar-refractivity contribution in [1.29, 1.82) is 0 Å². The van der Waals surface area contributed by atoms with Crippen LogP contribution in [-0.2, 0) is 0 Å². The van der Waals surface area contributed by atoms with E-state index < -0.39 is 0 Å². The molecule has 0 aliphatic carbocycles. The van der Waals surface area contributed by atoms with E-state index in [-0.39, 0.29) is 11.9 Å². The Morgan fingerprint density at radius 1 is 1.37 bits per heavy atom. The normalized spacial score (nSPS) is 12.5. The Hall–Kier alpha value is -1.39. The van der Waals surface area contributed by atoms with E-state index in [2.05, 4.69) is 4.90 Å². The van der Waals surface area contributed by atoms with Gasteiger partial charge >= 0.3 is 0 Å². The van der Waals surface area contributed by atoms with Crippen LogP contribution in [0.25, 0.3) is 0 Å². The van der Waals surface area contributed by atoms with Crippen molar-refractivity contribution in [1.82, 2.24) is 4.90 Å². The van der Waals surface area contributed by atoms with Gasteiger partial charge in [-0.2, -0.15) is 0 Å². The van der Waals surface area contributed by atoms with Gasteiger partial charge in [-0.15, -0.1) is 0 Å². The zero-order valence-corrected chi connectivity index (χ0v) is 11.9. The Morgan fingerprint density at radius 2 is 2.05 bits per heavy atom. The second-order valence-electron chi connectivity index (χ2n) is 4.84. The molecule has 0 saturated carbocycles. The number of carbonyl (C=O) groups excluding carboxylic acids is 1. The van der Waals surface area contributed by atoms with Crippen LogP contribution in [-0.4, -0.2) is 48.6 Å². The number of rotatable bonds is 8. The van der Waals surface area contributed by atoms with Crippen LogP contribution in [0.15, 0.2) is 24.3 Å². The van der Waals surface area contributed by atoms with Crippen LogP contribution in [0.3, 0.4) is 0 Å². The van der Waals surface area contributed by atoms with Crippen LogP contribution in [0.5, 0.6) is 5.75 Å². The van der Waals surface area contributed by atoms with Crippen LogP contribution < -0.4 is 4.74 Å². The molecule has 106 valence electrons. The number of ketones is 1. The number of ether oxygens (including phenoxy) is 1. The van der Waals surface area contributed by atoms with Gasteiger partial charge < -0.3 is 14.7 Å². The van der Waals surface area contributed by atoms with Gasteiger partial charge in [0, 0.05) is 13.1 Å². The smallest absolute Gasteiger partial charge is 0.163 e. The molecule has 1 N–H and O–H groups in total. The maximum absolute atomic E-state index is 11.4. The maximum atomic E-state index is 11.4. The van der Waals surface area contributed by atoms with Crippen LogP contribution in [0.1, 0.15) is 30.6 Å². The number of nitrogens with zero attached hydrogens (tertiary/aromatic N) is 1. The van der Waals surface area contributed by atoms with Crippen LogP contribution in [0, 0.1) is 0 Å². The molecule has 4 nitrogen and oxygen atoms in total. The third kappa shape index (κ3) is 5.85. The number of hydrogen-bond acceptors (Lipinski definition) is 4. The summed E-state index contributed by atoms with van der Waals surface area (Å²) in [7, 11) is 1.99. The number of para-hydroxylation sites is 1. The lowest BCUT2D eigenvalue weighted by Crippen LogP contribution is -2.27. The number of likely N-dealkylation sites (N-methyl/N-ethyl adjacent to an activating group) is 1. The number of aliphatic hydroxyl groups is 1. The van der Waals surface area contributed by atoms with Crippen LogP contribution in [0.4, 0.5) is 0 Å². The molecule has 0 saturated heterocycles. The monoisotopic (exact) mass is 265 g/mol. The highest BCUT2D eigenvalue weighted by Gasteiger charge is 2.07. The van der Waals surface area contributed by atoms with E-state index in [0.29, 0.717) is 17.9 Å². The molecule has 0 bridgehead atoms. The van der Waals surface area contributed by atoms with E-state index in [1.807, 2.05) is 25.2 Å². The predicted octanol–water partition coefficient (Wildman–Crippen LogP) is 1.97. The van der Waals surface area contributed by atoms with E-state index in [0.717, 1.165) is 19.5 Å². The average molecular weight is 265 g/mol. The first kappa shape index (κ1) is 15.7. The molecule has 4 heteroatoms. The van der Waals surface area contributed by atoms with Gasteiger partial charge in [0.2, 0.25) is 0 Å². The average Bonchev–Trinajstić information content (AvgIpc) is 2.36. The highest BCUT2D eigenvalue weighted by atomic mass is 16.5. The first-order valence-corrected chi connectivity index (χ1v) is 6.60. The lowest BCUT2D eigenvalue weighted by Gasteiger charge is -2.18. The summed E-state index contributed by atoms with van der Waals surface area (Å²) < 4.78 is 5.65. The van der Waals surface area contributed by atoms with Gasteiger partial charge in [-0.25, -0.2) is 0 Å². The van der Waals surface area contributed by atoms with E-state index in [1.54, 1.807) is 13.0 Å². The van der Waals surface area contributed by atoms with Crippen LogP contribution in [0.2, 0.25) is 0 Å². The molecule has 1 aromatic carbocycles. The Bertz CT molecular complexity index is 404. The predicted molar refractivity (Wildman–Crippen MR) is 75.7 cm³/mol. The number of carbonyl (C=O) groups is 1. The summed E-state index contributed by atoms with van der Waals surface area (Å²) in [5.41, 5.74) is 0.620. The van der Waals surface area contributed by atoms with E-state index in [9.17, 15) is 9.90 Å². The van der Waals surface area contributed by atoms with Crippen molar-refractivity contribution in [3.63, 3.8) is 0 Å². The Morgan fingerprint density at radius 3 is 2.68 bits per heavy atom. The lowest BCUT2D eigenvalue weighted by atomic mass is 10.1.